The fraction of sp³-hybridized carbons (Fsp3) is 0.0408. The highest BCUT2D eigenvalue weighted by Gasteiger charge is 2.26. The first kappa shape index (κ1) is 71.0. The van der Waals surface area contributed by atoms with Crippen molar-refractivity contribution in [1.29, 1.82) is 10.5 Å². The summed E-state index contributed by atoms with van der Waals surface area (Å²) in [5, 5.41) is 23.3. The maximum atomic E-state index is 14.1. The van der Waals surface area contributed by atoms with E-state index in [4.69, 9.17) is 40.5 Å². The second-order valence-electron chi connectivity index (χ2n) is 27.2. The molecule has 0 aliphatic carbocycles. The van der Waals surface area contributed by atoms with Crippen LogP contribution in [0.4, 0.5) is 5.69 Å². The van der Waals surface area contributed by atoms with Crippen molar-refractivity contribution in [2.45, 2.75) is 26.4 Å². The molecule has 0 N–H and O–H groups in total. The molecule has 0 atom stereocenters. The zero-order chi connectivity index (χ0) is 77.6. The molecule has 0 fully saturated rings. The number of esters is 4. The average Bonchev–Trinajstić information content (AvgIpc) is 1.61. The first-order valence-corrected chi connectivity index (χ1v) is 36.6. The number of benzene rings is 14. The Morgan fingerprint density at radius 3 is 1.05 bits per heavy atom. The molecule has 16 heteroatoms. The van der Waals surface area contributed by atoms with Crippen LogP contribution in [0.1, 0.15) is 74.8 Å². The van der Waals surface area contributed by atoms with E-state index < -0.39 is 23.9 Å². The molecule has 0 saturated heterocycles. The summed E-state index contributed by atoms with van der Waals surface area (Å²) in [5.41, 5.74) is 15.9. The van der Waals surface area contributed by atoms with Crippen LogP contribution in [0.5, 0.6) is 0 Å². The minimum atomic E-state index is -0.537. The Morgan fingerprint density at radius 2 is 0.667 bits per heavy atom. The number of hydrogen-bond acceptors (Lipinski definition) is 13. The molecular weight excluding hydrogens is 1420 g/mol. The Morgan fingerprint density at radius 1 is 0.316 bits per heavy atom. The summed E-state index contributed by atoms with van der Waals surface area (Å²) in [6.07, 6.45) is 0. The third kappa shape index (κ3) is 14.4. The monoisotopic (exact) mass is 1480 g/mol. The van der Waals surface area contributed by atoms with Crippen LogP contribution in [0.3, 0.4) is 0 Å². The zero-order valence-corrected chi connectivity index (χ0v) is 60.8. The summed E-state index contributed by atoms with van der Waals surface area (Å²) in [4.78, 5) is 76.2. The number of rotatable bonds is 20. The molecule has 0 unspecified atom stereocenters. The number of aromatic nitrogens is 5. The lowest BCUT2D eigenvalue weighted by Gasteiger charge is -2.17. The van der Waals surface area contributed by atoms with Crippen LogP contribution < -0.4 is 0 Å². The van der Waals surface area contributed by atoms with Gasteiger partial charge in [0, 0.05) is 49.4 Å². The number of nitrogens with zero attached hydrogens (tertiary/aromatic N) is 8. The fourth-order valence-electron chi connectivity index (χ4n) is 14.4. The fourth-order valence-corrected chi connectivity index (χ4v) is 14.4. The van der Waals surface area contributed by atoms with Crippen molar-refractivity contribution in [3.8, 4) is 91.1 Å². The molecule has 0 aliphatic rings. The SMILES string of the molecule is [C-]#[N+]c1cccc(-c2cc(-c3nc(-c4ccc(-c5ccccc5C#N)cc4)nc(-c4ccc(-n5c6ccc(C(=O)OCc7ccccc7)cc6c6cc(C(=O)OCc7ccccc7)ccc65)c(-c5cccc(C#N)c5)c4)n3)ccc2-n2c3ccc(C(=O)OCc4ccccc4)cc3c3cc(C(=O)OCc4ccccc4)ccc32)c1. The molecule has 17 aromatic rings. The second kappa shape index (κ2) is 31.3. The predicted octanol–water partition coefficient (Wildman–Crippen LogP) is 21.8. The van der Waals surface area contributed by atoms with E-state index in [0.717, 1.165) is 33.4 Å². The van der Waals surface area contributed by atoms with E-state index in [0.29, 0.717) is 139 Å². The third-order valence-corrected chi connectivity index (χ3v) is 20.0. The number of ether oxygens (including phenoxy) is 4. The van der Waals surface area contributed by atoms with Crippen molar-refractivity contribution < 1.29 is 38.1 Å². The summed E-state index contributed by atoms with van der Waals surface area (Å²) in [5.74, 6) is -1.28. The van der Waals surface area contributed by atoms with E-state index in [-0.39, 0.29) is 38.1 Å². The van der Waals surface area contributed by atoms with E-state index in [2.05, 4.69) is 26.1 Å². The predicted molar refractivity (Wildman–Crippen MR) is 439 cm³/mol. The Kier molecular flexibility index (Phi) is 19.5. The highest BCUT2D eigenvalue weighted by Crippen LogP contribution is 2.43. The highest BCUT2D eigenvalue weighted by molar-refractivity contribution is 6.15. The number of fused-ring (bicyclic) bond motifs is 6. The largest absolute Gasteiger partial charge is 0.457 e. The molecule has 3 aromatic heterocycles. The van der Waals surface area contributed by atoms with Crippen molar-refractivity contribution in [1.82, 2.24) is 24.1 Å². The number of carbonyl (C=O) groups is 4. The van der Waals surface area contributed by atoms with Gasteiger partial charge in [0.05, 0.1) is 85.5 Å². The maximum Gasteiger partial charge on any atom is 0.338 e. The van der Waals surface area contributed by atoms with Gasteiger partial charge in [0.15, 0.2) is 23.2 Å². The number of hydrogen-bond donors (Lipinski definition) is 0. The van der Waals surface area contributed by atoms with Gasteiger partial charge in [-0.2, -0.15) is 10.5 Å². The first-order valence-electron chi connectivity index (χ1n) is 36.6. The molecule has 0 spiro atoms. The molecule has 14 aromatic carbocycles. The summed E-state index contributed by atoms with van der Waals surface area (Å²) in [6.45, 7) is 8.46. The van der Waals surface area contributed by atoms with Gasteiger partial charge in [0.2, 0.25) is 0 Å². The zero-order valence-electron chi connectivity index (χ0n) is 60.8. The van der Waals surface area contributed by atoms with Crippen molar-refractivity contribution in [2.75, 3.05) is 0 Å². The van der Waals surface area contributed by atoms with Crippen LogP contribution in [0.2, 0.25) is 0 Å². The summed E-state index contributed by atoms with van der Waals surface area (Å²) < 4.78 is 27.7. The number of carbonyl (C=O) groups excluding carboxylic acids is 4. The van der Waals surface area contributed by atoms with Crippen LogP contribution in [0, 0.1) is 29.2 Å². The Labute approximate surface area is 654 Å². The quantitative estimate of drug-likeness (QED) is 0.0396. The molecule has 0 radical (unpaired) electrons. The normalized spacial score (nSPS) is 11.1. The minimum Gasteiger partial charge on any atom is -0.457 e. The Hall–Kier alpha value is -16.0. The molecule has 0 amide bonds. The van der Waals surface area contributed by atoms with Gasteiger partial charge < -0.3 is 28.1 Å². The molecular formula is C98H62N8O8. The Bertz CT molecular complexity index is 6220. The molecule has 0 bridgehead atoms. The van der Waals surface area contributed by atoms with Crippen molar-refractivity contribution in [3.05, 3.63) is 395 Å². The molecule has 0 saturated carbocycles. The third-order valence-electron chi connectivity index (χ3n) is 20.0. The van der Waals surface area contributed by atoms with Gasteiger partial charge in [-0.25, -0.2) is 39.0 Å². The van der Waals surface area contributed by atoms with Gasteiger partial charge in [0.25, 0.3) is 0 Å². The van der Waals surface area contributed by atoms with Crippen LogP contribution in [0.15, 0.2) is 328 Å². The van der Waals surface area contributed by atoms with Crippen LogP contribution in [0.25, 0.3) is 127 Å². The second-order valence-corrected chi connectivity index (χ2v) is 27.2. The van der Waals surface area contributed by atoms with Gasteiger partial charge in [-0.3, -0.25) is 0 Å². The standard InChI is InChI=1S/C98H62N8O8/c1-101-78-30-17-29-70(49-78)81-51-72(37-43-87(81)106-90-46-40-75(97(109)113-60-64-22-10-4-11-23-64)54-84(90)85-55-76(41-47-91(85)106)98(110)114-61-65-24-12-5-13-25-65)94-103-92(68-34-32-67(33-35-68)79-31-15-14-27-77(79)57-100)102-93(104-94)71-36-42-86(80(50-71)69-28-16-26-66(48-69)56-99)105-88-44-38-73(95(107)111-58-62-18-6-2-7-19-62)52-82(88)83-53-74(39-45-89(83)105)96(108)112-59-63-20-8-3-9-21-63/h2-55H,58-61H2. The van der Waals surface area contributed by atoms with Crippen LogP contribution in [-0.2, 0) is 45.4 Å². The minimum absolute atomic E-state index is 0.0545. The van der Waals surface area contributed by atoms with E-state index in [1.807, 2.05) is 261 Å². The van der Waals surface area contributed by atoms with E-state index >= 15 is 0 Å². The van der Waals surface area contributed by atoms with Crippen molar-refractivity contribution in [2.24, 2.45) is 0 Å². The first-order chi connectivity index (χ1) is 56.0. The molecule has 542 valence electrons. The lowest BCUT2D eigenvalue weighted by molar-refractivity contribution is 0.0464. The molecule has 16 nitrogen and oxygen atoms in total. The molecule has 0 aliphatic heterocycles. The lowest BCUT2D eigenvalue weighted by atomic mass is 9.98. The van der Waals surface area contributed by atoms with E-state index in [1.54, 1.807) is 66.7 Å². The van der Waals surface area contributed by atoms with Gasteiger partial charge >= 0.3 is 23.9 Å². The van der Waals surface area contributed by atoms with E-state index in [1.165, 1.54) is 0 Å². The van der Waals surface area contributed by atoms with Gasteiger partial charge in [-0.1, -0.05) is 194 Å². The summed E-state index contributed by atoms with van der Waals surface area (Å²) in [7, 11) is 0. The Balaban J connectivity index is 0.836. The average molecular weight is 1480 g/mol. The van der Waals surface area contributed by atoms with Crippen molar-refractivity contribution in [3.63, 3.8) is 0 Å². The topological polar surface area (TPSA) is 206 Å². The molecule has 3 heterocycles. The highest BCUT2D eigenvalue weighted by atomic mass is 16.5. The maximum absolute atomic E-state index is 14.1. The van der Waals surface area contributed by atoms with Crippen LogP contribution >= 0.6 is 0 Å². The molecule has 114 heavy (non-hydrogen) atoms. The lowest BCUT2D eigenvalue weighted by Crippen LogP contribution is -2.05. The van der Waals surface area contributed by atoms with E-state index in [9.17, 15) is 29.7 Å². The number of nitriles is 2. The van der Waals surface area contributed by atoms with Gasteiger partial charge in [-0.15, -0.1) is 0 Å². The summed E-state index contributed by atoms with van der Waals surface area (Å²) in [6, 6.07) is 105. The van der Waals surface area contributed by atoms with Gasteiger partial charge in [0.1, 0.15) is 26.4 Å². The molecule has 17 rings (SSSR count). The smallest absolute Gasteiger partial charge is 0.338 e. The summed E-state index contributed by atoms with van der Waals surface area (Å²) >= 11 is 0. The van der Waals surface area contributed by atoms with Crippen molar-refractivity contribution >= 4 is 73.2 Å². The van der Waals surface area contributed by atoms with Gasteiger partial charge in [-0.05, 0) is 178 Å². The van der Waals surface area contributed by atoms with Crippen LogP contribution in [-0.4, -0.2) is 48.0 Å².